The summed E-state index contributed by atoms with van der Waals surface area (Å²) in [4.78, 5) is 12.8. The van der Waals surface area contributed by atoms with Crippen molar-refractivity contribution in [2.45, 2.75) is 13.5 Å². The van der Waals surface area contributed by atoms with Crippen molar-refractivity contribution in [1.29, 1.82) is 0 Å². The van der Waals surface area contributed by atoms with Crippen LogP contribution in [0, 0.1) is 18.6 Å². The van der Waals surface area contributed by atoms with Gasteiger partial charge < -0.3 is 15.1 Å². The monoisotopic (exact) mass is 440 g/mol. The maximum Gasteiger partial charge on any atom is 0.222 e. The summed E-state index contributed by atoms with van der Waals surface area (Å²) < 4.78 is 34.6. The zero-order valence-corrected chi connectivity index (χ0v) is 17.5. The van der Waals surface area contributed by atoms with Crippen LogP contribution in [0.15, 0.2) is 34.7 Å². The summed E-state index contributed by atoms with van der Waals surface area (Å²) in [6, 6.07) is 7.36. The second-order valence-electron chi connectivity index (χ2n) is 7.75. The Kier molecular flexibility index (Phi) is 5.17. The number of nitrogens with two attached hydrogens (primary N) is 1. The number of anilines is 2. The van der Waals surface area contributed by atoms with E-state index in [1.54, 1.807) is 4.68 Å². The van der Waals surface area contributed by atoms with Gasteiger partial charge in [0.05, 0.1) is 12.2 Å². The maximum absolute atomic E-state index is 14.1. The average Bonchev–Trinajstić information content (AvgIpc) is 3.38. The van der Waals surface area contributed by atoms with Crippen LogP contribution in [0.3, 0.4) is 0 Å². The van der Waals surface area contributed by atoms with E-state index in [0.29, 0.717) is 47.9 Å². The smallest absolute Gasteiger partial charge is 0.222 e. The SMILES string of the molecule is Cc1ccc(-c2nc(N)nc3c2nnn3CCN2CCN(c3ccc(F)cc3F)CC2)o1. The first-order valence-electron chi connectivity index (χ1n) is 10.3. The summed E-state index contributed by atoms with van der Waals surface area (Å²) >= 11 is 0. The normalized spacial score (nSPS) is 15.0. The predicted octanol–water partition coefficient (Wildman–Crippen LogP) is 2.47. The van der Waals surface area contributed by atoms with Crippen molar-refractivity contribution >= 4 is 22.8 Å². The molecule has 1 fully saturated rings. The molecule has 0 aliphatic carbocycles. The van der Waals surface area contributed by atoms with Gasteiger partial charge in [-0.25, -0.2) is 18.4 Å². The second kappa shape index (κ2) is 8.15. The number of hydrogen-bond donors (Lipinski definition) is 1. The molecule has 0 saturated carbocycles. The van der Waals surface area contributed by atoms with E-state index < -0.39 is 11.6 Å². The van der Waals surface area contributed by atoms with Crippen molar-refractivity contribution in [3.63, 3.8) is 0 Å². The third-order valence-electron chi connectivity index (χ3n) is 5.60. The number of piperazine rings is 1. The van der Waals surface area contributed by atoms with Crippen LogP contribution < -0.4 is 10.6 Å². The fraction of sp³-hybridized carbons (Fsp3) is 0.333. The first kappa shape index (κ1) is 20.3. The van der Waals surface area contributed by atoms with Crippen LogP contribution in [0.1, 0.15) is 5.76 Å². The highest BCUT2D eigenvalue weighted by molar-refractivity contribution is 5.85. The highest BCUT2D eigenvalue weighted by atomic mass is 19.1. The number of nitrogens with zero attached hydrogens (tertiary/aromatic N) is 7. The van der Waals surface area contributed by atoms with Gasteiger partial charge in [-0.2, -0.15) is 4.98 Å². The van der Waals surface area contributed by atoms with Crippen LogP contribution in [0.25, 0.3) is 22.6 Å². The maximum atomic E-state index is 14.1. The minimum atomic E-state index is -0.570. The highest BCUT2D eigenvalue weighted by Gasteiger charge is 2.21. The molecule has 3 aromatic heterocycles. The van der Waals surface area contributed by atoms with Gasteiger partial charge in [0.1, 0.15) is 23.1 Å². The Morgan fingerprint density at radius 2 is 1.84 bits per heavy atom. The van der Waals surface area contributed by atoms with Crippen molar-refractivity contribution in [2.24, 2.45) is 0 Å². The molecule has 32 heavy (non-hydrogen) atoms. The molecule has 166 valence electrons. The van der Waals surface area contributed by atoms with E-state index in [4.69, 9.17) is 10.2 Å². The number of furan rings is 1. The number of benzene rings is 1. The summed E-state index contributed by atoms with van der Waals surface area (Å²) in [5, 5.41) is 8.49. The van der Waals surface area contributed by atoms with E-state index in [1.807, 2.05) is 24.0 Å². The molecule has 0 bridgehead atoms. The largest absolute Gasteiger partial charge is 0.460 e. The minimum absolute atomic E-state index is 0.125. The van der Waals surface area contributed by atoms with Crippen molar-refractivity contribution in [1.82, 2.24) is 29.9 Å². The van der Waals surface area contributed by atoms with Crippen LogP contribution in [0.2, 0.25) is 0 Å². The van der Waals surface area contributed by atoms with Gasteiger partial charge in [0.2, 0.25) is 5.95 Å². The van der Waals surface area contributed by atoms with Gasteiger partial charge in [0, 0.05) is 38.8 Å². The third-order valence-corrected chi connectivity index (χ3v) is 5.60. The number of halogens is 2. The first-order valence-corrected chi connectivity index (χ1v) is 10.3. The molecular formula is C21H22F2N8O. The lowest BCUT2D eigenvalue weighted by Gasteiger charge is -2.36. The fourth-order valence-electron chi connectivity index (χ4n) is 3.94. The lowest BCUT2D eigenvalue weighted by atomic mass is 10.2. The molecule has 11 heteroatoms. The zero-order valence-electron chi connectivity index (χ0n) is 17.5. The van der Waals surface area contributed by atoms with E-state index in [-0.39, 0.29) is 5.95 Å². The first-order chi connectivity index (χ1) is 15.5. The average molecular weight is 440 g/mol. The Hall–Kier alpha value is -3.60. The molecule has 0 unspecified atom stereocenters. The molecule has 4 heterocycles. The second-order valence-corrected chi connectivity index (χ2v) is 7.75. The molecule has 1 aromatic carbocycles. The van der Waals surface area contributed by atoms with Crippen molar-refractivity contribution in [3.05, 3.63) is 47.7 Å². The predicted molar refractivity (Wildman–Crippen MR) is 115 cm³/mol. The summed E-state index contributed by atoms with van der Waals surface area (Å²) in [6.45, 7) is 5.93. The Bertz CT molecular complexity index is 1260. The van der Waals surface area contributed by atoms with Gasteiger partial charge in [-0.15, -0.1) is 5.10 Å². The lowest BCUT2D eigenvalue weighted by molar-refractivity contribution is 0.244. The molecule has 0 spiro atoms. The van der Waals surface area contributed by atoms with E-state index in [0.717, 1.165) is 31.5 Å². The Labute approximate surface area is 182 Å². The molecule has 1 saturated heterocycles. The fourth-order valence-corrected chi connectivity index (χ4v) is 3.94. The molecule has 9 nitrogen and oxygen atoms in total. The van der Waals surface area contributed by atoms with E-state index in [2.05, 4.69) is 25.2 Å². The van der Waals surface area contributed by atoms with Crippen molar-refractivity contribution in [3.8, 4) is 11.5 Å². The summed E-state index contributed by atoms with van der Waals surface area (Å²) in [7, 11) is 0. The molecule has 1 aliphatic heterocycles. The van der Waals surface area contributed by atoms with Crippen LogP contribution in [0.4, 0.5) is 20.4 Å². The van der Waals surface area contributed by atoms with Gasteiger partial charge in [-0.1, -0.05) is 5.21 Å². The summed E-state index contributed by atoms with van der Waals surface area (Å²) in [6.07, 6.45) is 0. The number of nitrogen functional groups attached to an aromatic ring is 1. The number of aromatic nitrogens is 5. The van der Waals surface area contributed by atoms with Crippen LogP contribution in [0.5, 0.6) is 0 Å². The molecule has 5 rings (SSSR count). The van der Waals surface area contributed by atoms with Crippen LogP contribution >= 0.6 is 0 Å². The van der Waals surface area contributed by atoms with Crippen molar-refractivity contribution in [2.75, 3.05) is 43.4 Å². The van der Waals surface area contributed by atoms with Crippen LogP contribution in [-0.2, 0) is 6.54 Å². The van der Waals surface area contributed by atoms with Gasteiger partial charge in [0.25, 0.3) is 0 Å². The highest BCUT2D eigenvalue weighted by Crippen LogP contribution is 2.27. The van der Waals surface area contributed by atoms with Gasteiger partial charge >= 0.3 is 0 Å². The third kappa shape index (κ3) is 3.86. The number of aryl methyl sites for hydroxylation is 1. The van der Waals surface area contributed by atoms with Crippen LogP contribution in [-0.4, -0.2) is 62.6 Å². The van der Waals surface area contributed by atoms with Crippen molar-refractivity contribution < 1.29 is 13.2 Å². The standard InChI is InChI=1S/C21H22F2N8O/c1-13-2-5-17(32-13)18-19-20(26-21(24)25-18)31(28-27-19)11-8-29-6-9-30(10-7-29)16-4-3-14(22)12-15(16)23/h2-5,12H,6-11H2,1H3,(H2,24,25,26). The Balaban J connectivity index is 1.27. The molecular weight excluding hydrogens is 418 g/mol. The number of hydrogen-bond acceptors (Lipinski definition) is 8. The van der Waals surface area contributed by atoms with E-state index in [9.17, 15) is 8.78 Å². The minimum Gasteiger partial charge on any atom is -0.460 e. The molecule has 0 radical (unpaired) electrons. The zero-order chi connectivity index (χ0) is 22.2. The summed E-state index contributed by atoms with van der Waals surface area (Å²) in [5.41, 5.74) is 7.95. The summed E-state index contributed by atoms with van der Waals surface area (Å²) in [5.74, 6) is 0.349. The Morgan fingerprint density at radius 3 is 2.56 bits per heavy atom. The number of rotatable bonds is 5. The van der Waals surface area contributed by atoms with Gasteiger partial charge in [-0.05, 0) is 31.2 Å². The molecule has 1 aliphatic rings. The number of fused-ring (bicyclic) bond motifs is 1. The molecule has 2 N–H and O–H groups in total. The molecule has 0 amide bonds. The van der Waals surface area contributed by atoms with E-state index >= 15 is 0 Å². The quantitative estimate of drug-likeness (QED) is 0.505. The molecule has 0 atom stereocenters. The molecule has 4 aromatic rings. The van der Waals surface area contributed by atoms with Gasteiger partial charge in [0.15, 0.2) is 16.9 Å². The van der Waals surface area contributed by atoms with E-state index in [1.165, 1.54) is 12.1 Å². The lowest BCUT2D eigenvalue weighted by Crippen LogP contribution is -2.47. The Morgan fingerprint density at radius 1 is 1.03 bits per heavy atom. The topological polar surface area (TPSA) is 102 Å². The van der Waals surface area contributed by atoms with Gasteiger partial charge in [-0.3, -0.25) is 4.90 Å².